The van der Waals surface area contributed by atoms with Crippen LogP contribution in [0.25, 0.3) is 0 Å². The third-order valence-corrected chi connectivity index (χ3v) is 4.01. The summed E-state index contributed by atoms with van der Waals surface area (Å²) in [4.78, 5) is 10.4. The van der Waals surface area contributed by atoms with Gasteiger partial charge in [0, 0.05) is 24.4 Å². The topological polar surface area (TPSA) is 55.2 Å². The third-order valence-electron chi connectivity index (χ3n) is 2.37. The number of hydrogen-bond acceptors (Lipinski definition) is 4. The van der Waals surface area contributed by atoms with Gasteiger partial charge in [0.15, 0.2) is 0 Å². The molecule has 1 rings (SSSR count). The molecule has 94 valence electrons. The van der Waals surface area contributed by atoms with Crippen LogP contribution in [0.3, 0.4) is 0 Å². The van der Waals surface area contributed by atoms with Crippen LogP contribution >= 0.6 is 27.7 Å². The van der Waals surface area contributed by atoms with E-state index in [4.69, 9.17) is 0 Å². The highest BCUT2D eigenvalue weighted by atomic mass is 79.9. The van der Waals surface area contributed by atoms with Gasteiger partial charge in [-0.3, -0.25) is 10.1 Å². The number of nitro groups is 1. The summed E-state index contributed by atoms with van der Waals surface area (Å²) in [5.74, 6) is 0. The van der Waals surface area contributed by atoms with Crippen LogP contribution in [0, 0.1) is 10.1 Å². The second-order valence-electron chi connectivity index (χ2n) is 3.72. The molecule has 0 bridgehead atoms. The molecule has 0 aliphatic rings. The van der Waals surface area contributed by atoms with Gasteiger partial charge in [-0.25, -0.2) is 0 Å². The molecule has 0 fully saturated rings. The molecule has 0 aromatic heterocycles. The average molecular weight is 319 g/mol. The Labute approximate surface area is 113 Å². The molecular weight excluding hydrogens is 304 g/mol. The fourth-order valence-electron chi connectivity index (χ4n) is 1.31. The average Bonchev–Trinajstić information content (AvgIpc) is 2.30. The third kappa shape index (κ3) is 4.65. The second-order valence-corrected chi connectivity index (χ2v) is 5.85. The number of nitro benzene ring substituents is 1. The van der Waals surface area contributed by atoms with E-state index in [-0.39, 0.29) is 10.6 Å². The quantitative estimate of drug-likeness (QED) is 0.646. The molecule has 0 saturated heterocycles. The molecule has 0 saturated carbocycles. The molecule has 0 radical (unpaired) electrons. The fourth-order valence-corrected chi connectivity index (χ4v) is 1.99. The highest BCUT2D eigenvalue weighted by molar-refractivity contribution is 9.10. The lowest BCUT2D eigenvalue weighted by Crippen LogP contribution is -2.22. The van der Waals surface area contributed by atoms with Gasteiger partial charge in [0.05, 0.1) is 9.40 Å². The van der Waals surface area contributed by atoms with Gasteiger partial charge in [-0.1, -0.05) is 13.0 Å². The van der Waals surface area contributed by atoms with Crippen molar-refractivity contribution in [3.05, 3.63) is 38.3 Å². The predicted octanol–water partition coefficient (Wildman–Crippen LogP) is 3.20. The van der Waals surface area contributed by atoms with Gasteiger partial charge in [-0.05, 0) is 33.8 Å². The van der Waals surface area contributed by atoms with E-state index in [1.165, 1.54) is 0 Å². The summed E-state index contributed by atoms with van der Waals surface area (Å²) in [6.45, 7) is 3.69. The van der Waals surface area contributed by atoms with E-state index < -0.39 is 0 Å². The van der Waals surface area contributed by atoms with Crippen LogP contribution in [0.15, 0.2) is 22.7 Å². The van der Waals surface area contributed by atoms with Crippen LogP contribution in [-0.2, 0) is 6.54 Å². The molecule has 1 aromatic carbocycles. The molecule has 1 aromatic rings. The minimum absolute atomic E-state index is 0.113. The number of benzene rings is 1. The molecule has 0 aliphatic carbocycles. The largest absolute Gasteiger partial charge is 0.312 e. The molecule has 0 aliphatic heterocycles. The molecule has 17 heavy (non-hydrogen) atoms. The summed E-state index contributed by atoms with van der Waals surface area (Å²) >= 11 is 4.96. The van der Waals surface area contributed by atoms with Crippen molar-refractivity contribution in [3.8, 4) is 0 Å². The van der Waals surface area contributed by atoms with Crippen molar-refractivity contribution in [1.29, 1.82) is 0 Å². The van der Waals surface area contributed by atoms with Crippen LogP contribution in [-0.4, -0.2) is 23.0 Å². The standard InChI is InChI=1S/C11H15BrN2O2S/c1-8(17-2)6-13-7-9-3-4-10(12)11(5-9)14(15)16/h3-5,8,13H,6-7H2,1-2H3. The van der Waals surface area contributed by atoms with E-state index >= 15 is 0 Å². The van der Waals surface area contributed by atoms with E-state index in [0.29, 0.717) is 16.3 Å². The lowest BCUT2D eigenvalue weighted by Gasteiger charge is -2.09. The zero-order chi connectivity index (χ0) is 12.8. The van der Waals surface area contributed by atoms with Gasteiger partial charge in [0.1, 0.15) is 0 Å². The summed E-state index contributed by atoms with van der Waals surface area (Å²) in [6, 6.07) is 5.20. The Bertz CT molecular complexity index is 401. The second kappa shape index (κ2) is 6.98. The van der Waals surface area contributed by atoms with Crippen LogP contribution in [0.2, 0.25) is 0 Å². The van der Waals surface area contributed by atoms with Crippen molar-refractivity contribution in [1.82, 2.24) is 5.32 Å². The van der Waals surface area contributed by atoms with Crippen molar-refractivity contribution in [2.75, 3.05) is 12.8 Å². The lowest BCUT2D eigenvalue weighted by atomic mass is 10.2. The van der Waals surface area contributed by atoms with Gasteiger partial charge < -0.3 is 5.32 Å². The Balaban J connectivity index is 2.60. The smallest absolute Gasteiger partial charge is 0.283 e. The SMILES string of the molecule is CSC(C)CNCc1ccc(Br)c([N+](=O)[O-])c1. The molecule has 1 unspecified atom stereocenters. The zero-order valence-corrected chi connectivity index (χ0v) is 12.2. The molecular formula is C11H15BrN2O2S. The molecule has 1 atom stereocenters. The number of nitrogens with one attached hydrogen (secondary N) is 1. The van der Waals surface area contributed by atoms with Crippen molar-refractivity contribution < 1.29 is 4.92 Å². The van der Waals surface area contributed by atoms with Crippen molar-refractivity contribution in [3.63, 3.8) is 0 Å². The maximum atomic E-state index is 10.8. The van der Waals surface area contributed by atoms with Crippen LogP contribution in [0.1, 0.15) is 12.5 Å². The summed E-state index contributed by atoms with van der Waals surface area (Å²) in [6.07, 6.45) is 2.07. The van der Waals surface area contributed by atoms with Gasteiger partial charge in [-0.15, -0.1) is 0 Å². The molecule has 6 heteroatoms. The zero-order valence-electron chi connectivity index (χ0n) is 9.77. The van der Waals surface area contributed by atoms with E-state index in [2.05, 4.69) is 34.4 Å². The highest BCUT2D eigenvalue weighted by Gasteiger charge is 2.12. The Kier molecular flexibility index (Phi) is 5.94. The van der Waals surface area contributed by atoms with Crippen molar-refractivity contribution in [2.45, 2.75) is 18.7 Å². The van der Waals surface area contributed by atoms with E-state index in [9.17, 15) is 10.1 Å². The molecule has 0 amide bonds. The van der Waals surface area contributed by atoms with Crippen LogP contribution in [0.5, 0.6) is 0 Å². The Morgan fingerprint density at radius 2 is 2.29 bits per heavy atom. The minimum atomic E-state index is -0.377. The summed E-state index contributed by atoms with van der Waals surface area (Å²) in [5, 5.41) is 14.6. The normalized spacial score (nSPS) is 12.4. The van der Waals surface area contributed by atoms with Crippen molar-refractivity contribution in [2.24, 2.45) is 0 Å². The summed E-state index contributed by atoms with van der Waals surface area (Å²) < 4.78 is 0.517. The van der Waals surface area contributed by atoms with Crippen LogP contribution in [0.4, 0.5) is 5.69 Å². The Morgan fingerprint density at radius 1 is 1.59 bits per heavy atom. The first-order valence-corrected chi connectivity index (χ1v) is 7.29. The van der Waals surface area contributed by atoms with Gasteiger partial charge >= 0.3 is 0 Å². The molecule has 0 heterocycles. The van der Waals surface area contributed by atoms with E-state index in [1.54, 1.807) is 23.9 Å². The fraction of sp³-hybridized carbons (Fsp3) is 0.455. The van der Waals surface area contributed by atoms with E-state index in [1.807, 2.05) is 6.07 Å². The first-order valence-electron chi connectivity index (χ1n) is 5.21. The van der Waals surface area contributed by atoms with Crippen LogP contribution < -0.4 is 5.32 Å². The highest BCUT2D eigenvalue weighted by Crippen LogP contribution is 2.25. The number of rotatable bonds is 6. The number of halogens is 1. The van der Waals surface area contributed by atoms with Gasteiger partial charge in [0.25, 0.3) is 5.69 Å². The molecule has 4 nitrogen and oxygen atoms in total. The number of nitrogens with zero attached hydrogens (tertiary/aromatic N) is 1. The first kappa shape index (κ1) is 14.5. The predicted molar refractivity (Wildman–Crippen MR) is 75.5 cm³/mol. The number of hydrogen-bond donors (Lipinski definition) is 1. The minimum Gasteiger partial charge on any atom is -0.312 e. The monoisotopic (exact) mass is 318 g/mol. The Hall–Kier alpha value is -0.590. The summed E-state index contributed by atoms with van der Waals surface area (Å²) in [7, 11) is 0. The molecule has 1 N–H and O–H groups in total. The van der Waals surface area contributed by atoms with Crippen molar-refractivity contribution >= 4 is 33.4 Å². The Morgan fingerprint density at radius 3 is 2.88 bits per heavy atom. The van der Waals surface area contributed by atoms with Gasteiger partial charge in [-0.2, -0.15) is 11.8 Å². The first-order chi connectivity index (χ1) is 8.04. The number of thioether (sulfide) groups is 1. The van der Waals surface area contributed by atoms with Gasteiger partial charge in [0.2, 0.25) is 0 Å². The lowest BCUT2D eigenvalue weighted by molar-refractivity contribution is -0.385. The molecule has 0 spiro atoms. The maximum absolute atomic E-state index is 10.8. The van der Waals surface area contributed by atoms with E-state index in [0.717, 1.165) is 12.1 Å². The summed E-state index contributed by atoms with van der Waals surface area (Å²) in [5.41, 5.74) is 1.04. The maximum Gasteiger partial charge on any atom is 0.283 e.